The summed E-state index contributed by atoms with van der Waals surface area (Å²) in [4.78, 5) is 31.7. The van der Waals surface area contributed by atoms with Crippen molar-refractivity contribution in [1.29, 1.82) is 0 Å². The Hall–Kier alpha value is -4.12. The highest BCUT2D eigenvalue weighted by molar-refractivity contribution is 5.86. The summed E-state index contributed by atoms with van der Waals surface area (Å²) in [6.07, 6.45) is 8.04. The highest BCUT2D eigenvalue weighted by atomic mass is 16.3. The normalized spacial score (nSPS) is 23.0. The Bertz CT molecular complexity index is 1580. The fraction of sp³-hybridized carbons (Fsp3) is 0.529. The molecule has 1 unspecified atom stereocenters. The van der Waals surface area contributed by atoms with E-state index in [4.69, 9.17) is 14.9 Å². The van der Waals surface area contributed by atoms with E-state index < -0.39 is 5.41 Å². The van der Waals surface area contributed by atoms with Gasteiger partial charge in [0.05, 0.1) is 11.0 Å². The maximum Gasteiger partial charge on any atom is 0.290 e. The van der Waals surface area contributed by atoms with Crippen molar-refractivity contribution < 1.29 is 14.7 Å². The molecule has 238 valence electrons. The van der Waals surface area contributed by atoms with Crippen LogP contribution in [0.1, 0.15) is 82.0 Å². The molecule has 2 N–H and O–H groups in total. The number of nitrogens with one attached hydrogen (secondary N) is 1. The number of hydrogen-bond acceptors (Lipinski definition) is 7. The average molecular weight is 613 g/mol. The van der Waals surface area contributed by atoms with Gasteiger partial charge in [0.2, 0.25) is 5.91 Å². The minimum absolute atomic E-state index is 0.0712. The Balaban J connectivity index is 0.00000115. The molecule has 3 atom stereocenters. The summed E-state index contributed by atoms with van der Waals surface area (Å²) < 4.78 is 2.52. The number of carboxylic acid groups (broad SMARTS) is 1. The number of H-pyrrole nitrogens is 1. The Morgan fingerprint density at radius 2 is 1.67 bits per heavy atom. The number of aryl methyl sites for hydroxylation is 1. The second kappa shape index (κ2) is 12.7. The minimum Gasteiger partial charge on any atom is -0.483 e. The first-order chi connectivity index (χ1) is 21.8. The van der Waals surface area contributed by atoms with Crippen LogP contribution in [0.5, 0.6) is 0 Å². The Labute approximate surface area is 264 Å². The van der Waals surface area contributed by atoms with Crippen LogP contribution in [0, 0.1) is 6.92 Å². The molecule has 2 aromatic carbocycles. The Morgan fingerprint density at radius 1 is 1.02 bits per heavy atom. The molecule has 45 heavy (non-hydrogen) atoms. The fourth-order valence-corrected chi connectivity index (χ4v) is 8.32. The van der Waals surface area contributed by atoms with Crippen LogP contribution in [-0.4, -0.2) is 89.2 Å². The molecule has 0 saturated carbocycles. The Morgan fingerprint density at radius 3 is 2.31 bits per heavy atom. The number of amides is 1. The highest BCUT2D eigenvalue weighted by Gasteiger charge is 2.45. The molecule has 2 aromatic heterocycles. The van der Waals surface area contributed by atoms with Crippen molar-refractivity contribution in [2.45, 2.75) is 94.7 Å². The van der Waals surface area contributed by atoms with Gasteiger partial charge in [-0.15, -0.1) is 10.2 Å². The number of aromatic nitrogens is 6. The minimum atomic E-state index is -0.803. The number of piperidine rings is 2. The van der Waals surface area contributed by atoms with Gasteiger partial charge < -0.3 is 14.6 Å². The molecule has 1 amide bonds. The van der Waals surface area contributed by atoms with Crippen LogP contribution in [-0.2, 0) is 20.4 Å². The van der Waals surface area contributed by atoms with Crippen LogP contribution in [0.25, 0.3) is 11.0 Å². The number of para-hydroxylation sites is 2. The third kappa shape index (κ3) is 5.85. The second-order valence-corrected chi connectivity index (χ2v) is 13.4. The standard InChI is InChI=1S/C33H42N8O.CH2O2/c1-23-34-28-11-7-8-12-29(28)41(23)27-21-25-13-14-26(22-27)40(25)20-17-33(24-9-5-4-6-10-24)15-18-39(19-16-33)31(42)32(2,3)30-35-37-38-36-30;2-1-3/h4-12,25-27H,13-22H2,1-3H3,(H,35,36,37,38);1H,(H,2,3)/t25-,26+,27?;. The van der Waals surface area contributed by atoms with Crippen LogP contribution < -0.4 is 0 Å². The van der Waals surface area contributed by atoms with Crippen molar-refractivity contribution in [2.75, 3.05) is 19.6 Å². The summed E-state index contributed by atoms with van der Waals surface area (Å²) in [6, 6.07) is 21.4. The number of fused-ring (bicyclic) bond motifs is 3. The third-order valence-corrected chi connectivity index (χ3v) is 10.7. The van der Waals surface area contributed by atoms with E-state index in [1.807, 2.05) is 18.7 Å². The summed E-state index contributed by atoms with van der Waals surface area (Å²) in [7, 11) is 0. The molecule has 0 radical (unpaired) electrons. The van der Waals surface area contributed by atoms with Gasteiger partial charge in [-0.3, -0.25) is 14.5 Å². The largest absolute Gasteiger partial charge is 0.483 e. The van der Waals surface area contributed by atoms with E-state index in [2.05, 4.69) is 91.6 Å². The van der Waals surface area contributed by atoms with Gasteiger partial charge in [-0.25, -0.2) is 4.98 Å². The molecule has 11 heteroatoms. The Kier molecular flexibility index (Phi) is 8.72. The predicted octanol–water partition coefficient (Wildman–Crippen LogP) is 4.65. The molecule has 4 aromatic rings. The van der Waals surface area contributed by atoms with Crippen LogP contribution >= 0.6 is 0 Å². The summed E-state index contributed by atoms with van der Waals surface area (Å²) >= 11 is 0. The number of likely N-dealkylation sites (tertiary alicyclic amines) is 1. The first-order valence-corrected chi connectivity index (χ1v) is 16.1. The number of hydrogen-bond donors (Lipinski definition) is 2. The number of carbonyl (C=O) groups is 2. The molecule has 3 aliphatic heterocycles. The van der Waals surface area contributed by atoms with Crippen molar-refractivity contribution in [1.82, 2.24) is 40.0 Å². The average Bonchev–Trinajstić information content (AvgIpc) is 3.77. The quantitative estimate of drug-likeness (QED) is 0.288. The third-order valence-electron chi connectivity index (χ3n) is 10.7. The lowest BCUT2D eigenvalue weighted by Crippen LogP contribution is -2.52. The van der Waals surface area contributed by atoms with E-state index in [9.17, 15) is 4.79 Å². The van der Waals surface area contributed by atoms with Crippen molar-refractivity contribution in [3.05, 3.63) is 71.8 Å². The molecule has 3 saturated heterocycles. The zero-order chi connectivity index (χ0) is 31.6. The molecule has 5 heterocycles. The van der Waals surface area contributed by atoms with Crippen molar-refractivity contribution in [2.24, 2.45) is 0 Å². The molecular weight excluding hydrogens is 568 g/mol. The second-order valence-electron chi connectivity index (χ2n) is 13.4. The molecule has 2 bridgehead atoms. The molecule has 7 rings (SSSR count). The summed E-state index contributed by atoms with van der Waals surface area (Å²) in [5, 5.41) is 21.3. The number of rotatable bonds is 7. The van der Waals surface area contributed by atoms with Crippen molar-refractivity contribution in [3.63, 3.8) is 0 Å². The predicted molar refractivity (Wildman–Crippen MR) is 171 cm³/mol. The SMILES string of the molecule is Cc1nc2ccccc2n1C1C[C@H]2CC[C@@H](C1)N2CCC1(c2ccccc2)CCN(C(=O)C(C)(C)c2nn[nH]n2)CC1.O=CO. The maximum absolute atomic E-state index is 13.6. The lowest BCUT2D eigenvalue weighted by atomic mass is 9.70. The molecular formula is C34H44N8O3. The van der Waals surface area contributed by atoms with Gasteiger partial charge in [0.1, 0.15) is 11.2 Å². The molecule has 3 fully saturated rings. The van der Waals surface area contributed by atoms with Crippen molar-refractivity contribution >= 4 is 23.4 Å². The summed E-state index contributed by atoms with van der Waals surface area (Å²) in [5.74, 6) is 1.67. The topological polar surface area (TPSA) is 133 Å². The van der Waals surface area contributed by atoms with Gasteiger partial charge in [-0.05, 0) is 95.4 Å². The molecule has 0 spiro atoms. The zero-order valence-electron chi connectivity index (χ0n) is 26.5. The summed E-state index contributed by atoms with van der Waals surface area (Å²) in [6.45, 7) is 8.31. The van der Waals surface area contributed by atoms with Crippen LogP contribution in [0.15, 0.2) is 54.6 Å². The fourth-order valence-electron chi connectivity index (χ4n) is 8.32. The maximum atomic E-state index is 13.6. The zero-order valence-corrected chi connectivity index (χ0v) is 26.5. The van der Waals surface area contributed by atoms with Gasteiger partial charge >= 0.3 is 0 Å². The van der Waals surface area contributed by atoms with Gasteiger partial charge in [0.25, 0.3) is 6.47 Å². The van der Waals surface area contributed by atoms with Gasteiger partial charge in [-0.2, -0.15) is 5.21 Å². The van der Waals surface area contributed by atoms with Gasteiger partial charge in [0, 0.05) is 31.2 Å². The first kappa shape index (κ1) is 30.9. The monoisotopic (exact) mass is 612 g/mol. The van der Waals surface area contributed by atoms with E-state index in [0.717, 1.165) is 50.2 Å². The number of nitrogens with zero attached hydrogens (tertiary/aromatic N) is 7. The number of carbonyl (C=O) groups excluding carboxylic acids is 1. The van der Waals surface area contributed by atoms with Crippen LogP contribution in [0.4, 0.5) is 0 Å². The van der Waals surface area contributed by atoms with Crippen LogP contribution in [0.2, 0.25) is 0 Å². The van der Waals surface area contributed by atoms with E-state index in [1.165, 1.54) is 36.8 Å². The molecule has 3 aliphatic rings. The van der Waals surface area contributed by atoms with Gasteiger partial charge in [-0.1, -0.05) is 47.7 Å². The lowest BCUT2D eigenvalue weighted by molar-refractivity contribution is -0.138. The number of benzene rings is 2. The number of tetrazole rings is 1. The number of aromatic amines is 1. The highest BCUT2D eigenvalue weighted by Crippen LogP contribution is 2.45. The van der Waals surface area contributed by atoms with Crippen LogP contribution in [0.3, 0.4) is 0 Å². The van der Waals surface area contributed by atoms with E-state index in [0.29, 0.717) is 23.9 Å². The van der Waals surface area contributed by atoms with E-state index in [1.54, 1.807) is 0 Å². The van der Waals surface area contributed by atoms with E-state index >= 15 is 0 Å². The summed E-state index contributed by atoms with van der Waals surface area (Å²) in [5.41, 5.74) is 3.07. The van der Waals surface area contributed by atoms with E-state index in [-0.39, 0.29) is 17.8 Å². The lowest BCUT2D eigenvalue weighted by Gasteiger charge is -2.46. The van der Waals surface area contributed by atoms with Gasteiger partial charge in [0.15, 0.2) is 5.82 Å². The molecule has 11 nitrogen and oxygen atoms in total. The first-order valence-electron chi connectivity index (χ1n) is 16.1. The molecule has 0 aliphatic carbocycles. The number of imidazole rings is 1. The van der Waals surface area contributed by atoms with Crippen molar-refractivity contribution in [3.8, 4) is 0 Å². The smallest absolute Gasteiger partial charge is 0.290 e.